The molecule has 0 aromatic heterocycles. The lowest BCUT2D eigenvalue weighted by Gasteiger charge is -2.21. The number of carbonyl (C=O) groups excluding carboxylic acids is 1. The highest BCUT2D eigenvalue weighted by Gasteiger charge is 2.22. The van der Waals surface area contributed by atoms with E-state index in [1.54, 1.807) is 13.1 Å². The lowest BCUT2D eigenvalue weighted by atomic mass is 9.93. The molecule has 0 heterocycles. The SMILES string of the molecule is CNCC(O)C(O)c1c(C=O)ccc2ccccc12. The average molecular weight is 259 g/mol. The number of carbonyl (C=O) groups is 1. The van der Waals surface area contributed by atoms with Crippen LogP contribution in [0.4, 0.5) is 0 Å². The maximum atomic E-state index is 11.1. The van der Waals surface area contributed by atoms with Crippen molar-refractivity contribution in [1.29, 1.82) is 0 Å². The van der Waals surface area contributed by atoms with Gasteiger partial charge >= 0.3 is 0 Å². The van der Waals surface area contributed by atoms with E-state index in [-0.39, 0.29) is 6.54 Å². The molecule has 2 atom stereocenters. The van der Waals surface area contributed by atoms with E-state index in [1.165, 1.54) is 0 Å². The van der Waals surface area contributed by atoms with Crippen molar-refractivity contribution >= 4 is 17.1 Å². The van der Waals surface area contributed by atoms with Crippen molar-refractivity contribution in [2.45, 2.75) is 12.2 Å². The first kappa shape index (κ1) is 13.7. The van der Waals surface area contributed by atoms with Gasteiger partial charge in [0.05, 0.1) is 6.10 Å². The number of benzene rings is 2. The second-order valence-electron chi connectivity index (χ2n) is 4.48. The van der Waals surface area contributed by atoms with E-state index in [4.69, 9.17) is 0 Å². The summed E-state index contributed by atoms with van der Waals surface area (Å²) in [5, 5.41) is 24.7. The summed E-state index contributed by atoms with van der Waals surface area (Å²) in [5.41, 5.74) is 0.886. The van der Waals surface area contributed by atoms with Gasteiger partial charge in [0, 0.05) is 17.7 Å². The van der Waals surface area contributed by atoms with E-state index in [2.05, 4.69) is 5.32 Å². The van der Waals surface area contributed by atoms with Crippen LogP contribution in [0.5, 0.6) is 0 Å². The van der Waals surface area contributed by atoms with Crippen LogP contribution in [0.15, 0.2) is 36.4 Å². The maximum Gasteiger partial charge on any atom is 0.150 e. The minimum absolute atomic E-state index is 0.253. The third-order valence-electron chi connectivity index (χ3n) is 3.20. The van der Waals surface area contributed by atoms with Crippen molar-refractivity contribution in [3.05, 3.63) is 47.5 Å². The Morgan fingerprint density at radius 2 is 1.95 bits per heavy atom. The predicted octanol–water partition coefficient (Wildman–Crippen LogP) is 1.27. The molecule has 0 spiro atoms. The predicted molar refractivity (Wildman–Crippen MR) is 74.2 cm³/mol. The van der Waals surface area contributed by atoms with Crippen molar-refractivity contribution < 1.29 is 15.0 Å². The number of fused-ring (bicyclic) bond motifs is 1. The van der Waals surface area contributed by atoms with Crippen molar-refractivity contribution in [3.63, 3.8) is 0 Å². The standard InChI is InChI=1S/C15H17NO3/c1-16-8-13(18)15(19)14-11(9-17)7-6-10-4-2-3-5-12(10)14/h2-7,9,13,15-16,18-19H,8H2,1H3. The third-order valence-corrected chi connectivity index (χ3v) is 3.20. The minimum Gasteiger partial charge on any atom is -0.389 e. The minimum atomic E-state index is -1.10. The van der Waals surface area contributed by atoms with Gasteiger partial charge in [0.15, 0.2) is 0 Å². The molecule has 100 valence electrons. The topological polar surface area (TPSA) is 69.6 Å². The van der Waals surface area contributed by atoms with Crippen molar-refractivity contribution in [2.24, 2.45) is 0 Å². The Kier molecular flexibility index (Phi) is 4.27. The number of nitrogens with one attached hydrogen (secondary N) is 1. The zero-order valence-corrected chi connectivity index (χ0v) is 10.7. The van der Waals surface area contributed by atoms with Crippen molar-refractivity contribution in [2.75, 3.05) is 13.6 Å². The molecular formula is C15H17NO3. The zero-order valence-electron chi connectivity index (χ0n) is 10.7. The molecule has 0 amide bonds. The van der Waals surface area contributed by atoms with Crippen molar-refractivity contribution in [1.82, 2.24) is 5.32 Å². The summed E-state index contributed by atoms with van der Waals surface area (Å²) >= 11 is 0. The molecule has 0 aliphatic rings. The van der Waals surface area contributed by atoms with Gasteiger partial charge < -0.3 is 15.5 Å². The van der Waals surface area contributed by atoms with Crippen LogP contribution in [-0.4, -0.2) is 36.2 Å². The molecule has 2 unspecified atom stereocenters. The van der Waals surface area contributed by atoms with Gasteiger partial charge in [0.25, 0.3) is 0 Å². The van der Waals surface area contributed by atoms with Gasteiger partial charge in [-0.1, -0.05) is 36.4 Å². The second-order valence-corrected chi connectivity index (χ2v) is 4.48. The van der Waals surface area contributed by atoms with Crippen LogP contribution in [0.2, 0.25) is 0 Å². The first-order valence-corrected chi connectivity index (χ1v) is 6.16. The molecule has 2 rings (SSSR count). The highest BCUT2D eigenvalue weighted by atomic mass is 16.3. The third kappa shape index (κ3) is 2.66. The van der Waals surface area contributed by atoms with Crippen molar-refractivity contribution in [3.8, 4) is 0 Å². The maximum absolute atomic E-state index is 11.1. The highest BCUT2D eigenvalue weighted by Crippen LogP contribution is 2.29. The fourth-order valence-electron chi connectivity index (χ4n) is 2.26. The fourth-order valence-corrected chi connectivity index (χ4v) is 2.26. The lowest BCUT2D eigenvalue weighted by molar-refractivity contribution is 0.0208. The summed E-state index contributed by atoms with van der Waals surface area (Å²) in [6.07, 6.45) is -1.36. The number of aliphatic hydroxyl groups excluding tert-OH is 2. The number of hydrogen-bond donors (Lipinski definition) is 3. The molecule has 0 bridgehead atoms. The molecular weight excluding hydrogens is 242 g/mol. The summed E-state index contributed by atoms with van der Waals surface area (Å²) in [7, 11) is 1.69. The number of aliphatic hydroxyl groups is 2. The van der Waals surface area contributed by atoms with E-state index in [9.17, 15) is 15.0 Å². The fraction of sp³-hybridized carbons (Fsp3) is 0.267. The molecule has 4 nitrogen and oxygen atoms in total. The first-order chi connectivity index (χ1) is 9.19. The Morgan fingerprint density at radius 1 is 1.21 bits per heavy atom. The summed E-state index contributed by atoms with van der Waals surface area (Å²) in [5.74, 6) is 0. The quantitative estimate of drug-likeness (QED) is 0.707. The molecule has 0 aliphatic carbocycles. The molecule has 3 N–H and O–H groups in total. The Hall–Kier alpha value is -1.75. The molecule has 19 heavy (non-hydrogen) atoms. The molecule has 2 aromatic rings. The Balaban J connectivity index is 2.58. The largest absolute Gasteiger partial charge is 0.389 e. The molecule has 0 aliphatic heterocycles. The lowest BCUT2D eigenvalue weighted by Crippen LogP contribution is -2.30. The Labute approximate surface area is 111 Å². The van der Waals surface area contributed by atoms with Gasteiger partial charge in [-0.05, 0) is 17.8 Å². The smallest absolute Gasteiger partial charge is 0.150 e. The van der Waals surface area contributed by atoms with Crippen LogP contribution in [0.25, 0.3) is 10.8 Å². The molecule has 0 fully saturated rings. The zero-order chi connectivity index (χ0) is 13.8. The van der Waals surface area contributed by atoms with E-state index in [0.717, 1.165) is 10.8 Å². The number of likely N-dealkylation sites (N-methyl/N-ethyl adjacent to an activating group) is 1. The van der Waals surface area contributed by atoms with E-state index >= 15 is 0 Å². The Morgan fingerprint density at radius 3 is 2.63 bits per heavy atom. The molecule has 4 heteroatoms. The van der Waals surface area contributed by atoms with Gasteiger partial charge in [0.1, 0.15) is 12.4 Å². The van der Waals surface area contributed by atoms with Gasteiger partial charge in [-0.15, -0.1) is 0 Å². The van der Waals surface area contributed by atoms with Gasteiger partial charge in [-0.2, -0.15) is 0 Å². The van der Waals surface area contributed by atoms with Crippen LogP contribution in [0, 0.1) is 0 Å². The van der Waals surface area contributed by atoms with E-state index in [1.807, 2.05) is 30.3 Å². The normalized spacial score (nSPS) is 14.3. The average Bonchev–Trinajstić information content (AvgIpc) is 2.45. The van der Waals surface area contributed by atoms with Gasteiger partial charge in [-0.25, -0.2) is 0 Å². The summed E-state index contributed by atoms with van der Waals surface area (Å²) in [6.45, 7) is 0.253. The number of aldehydes is 1. The number of rotatable bonds is 5. The van der Waals surface area contributed by atoms with Crippen LogP contribution in [0.1, 0.15) is 22.0 Å². The molecule has 0 radical (unpaired) electrons. The summed E-state index contributed by atoms with van der Waals surface area (Å²) < 4.78 is 0. The molecule has 0 saturated carbocycles. The summed E-state index contributed by atoms with van der Waals surface area (Å²) in [6, 6.07) is 11.0. The van der Waals surface area contributed by atoms with Gasteiger partial charge in [-0.3, -0.25) is 4.79 Å². The monoisotopic (exact) mass is 259 g/mol. The van der Waals surface area contributed by atoms with Crippen LogP contribution in [-0.2, 0) is 0 Å². The van der Waals surface area contributed by atoms with Crippen LogP contribution in [0.3, 0.4) is 0 Å². The first-order valence-electron chi connectivity index (χ1n) is 6.16. The van der Waals surface area contributed by atoms with E-state index < -0.39 is 12.2 Å². The second kappa shape index (κ2) is 5.93. The Bertz CT molecular complexity index is 583. The van der Waals surface area contributed by atoms with Crippen LogP contribution >= 0.6 is 0 Å². The molecule has 2 aromatic carbocycles. The highest BCUT2D eigenvalue weighted by molar-refractivity contribution is 5.93. The van der Waals surface area contributed by atoms with Crippen LogP contribution < -0.4 is 5.32 Å². The number of hydrogen-bond acceptors (Lipinski definition) is 4. The van der Waals surface area contributed by atoms with Gasteiger partial charge in [0.2, 0.25) is 0 Å². The van der Waals surface area contributed by atoms with E-state index in [0.29, 0.717) is 17.4 Å². The summed E-state index contributed by atoms with van der Waals surface area (Å²) in [4.78, 5) is 11.1. The molecule has 0 saturated heterocycles.